The molecule has 0 aliphatic carbocycles. The highest BCUT2D eigenvalue weighted by Crippen LogP contribution is 2.34. The summed E-state index contributed by atoms with van der Waals surface area (Å²) < 4.78 is 43.9. The molecule has 0 aromatic heterocycles. The molecule has 1 atom stereocenters. The first-order valence-corrected chi connectivity index (χ1v) is 7.27. The predicted molar refractivity (Wildman–Crippen MR) is 76.5 cm³/mol. The molecule has 1 aromatic carbocycles. The smallest absolute Gasteiger partial charge is 0.417 e. The van der Waals surface area contributed by atoms with E-state index in [-0.39, 0.29) is 5.56 Å². The molecule has 0 aliphatic heterocycles. The second-order valence-electron chi connectivity index (χ2n) is 5.41. The van der Waals surface area contributed by atoms with Crippen LogP contribution in [0.15, 0.2) is 18.2 Å². The molecule has 6 heteroatoms. The van der Waals surface area contributed by atoms with Gasteiger partial charge in [0.2, 0.25) is 0 Å². The van der Waals surface area contributed by atoms with Crippen LogP contribution in [-0.2, 0) is 10.9 Å². The van der Waals surface area contributed by atoms with Crippen molar-refractivity contribution in [2.45, 2.75) is 58.4 Å². The van der Waals surface area contributed by atoms with Crippen molar-refractivity contribution in [3.63, 3.8) is 0 Å². The number of esters is 1. The summed E-state index contributed by atoms with van der Waals surface area (Å²) in [6, 6.07) is 3.10. The molecule has 0 radical (unpaired) electrons. The molecule has 0 aliphatic rings. The molecule has 0 saturated heterocycles. The summed E-state index contributed by atoms with van der Waals surface area (Å²) in [5, 5.41) is 10.0. The SMILES string of the molecule is CCCCC(O)c1ccc(C(F)(F)F)c(C(=O)OC(C)C)c1. The number of carbonyl (C=O) groups is 1. The maximum absolute atomic E-state index is 13.0. The van der Waals surface area contributed by atoms with Crippen LogP contribution in [0.3, 0.4) is 0 Å². The lowest BCUT2D eigenvalue weighted by Gasteiger charge is -2.17. The van der Waals surface area contributed by atoms with Crippen molar-refractivity contribution in [2.24, 2.45) is 0 Å². The summed E-state index contributed by atoms with van der Waals surface area (Å²) in [5.74, 6) is -1.04. The van der Waals surface area contributed by atoms with E-state index in [4.69, 9.17) is 4.74 Å². The van der Waals surface area contributed by atoms with Crippen molar-refractivity contribution in [1.82, 2.24) is 0 Å². The Bertz CT molecular complexity index is 510. The number of aliphatic hydroxyl groups excluding tert-OH is 1. The normalized spacial score (nSPS) is 13.3. The molecule has 0 amide bonds. The fourth-order valence-electron chi connectivity index (χ4n) is 2.03. The van der Waals surface area contributed by atoms with Gasteiger partial charge < -0.3 is 9.84 Å². The number of halogens is 3. The molecule has 0 fully saturated rings. The third kappa shape index (κ3) is 5.02. The van der Waals surface area contributed by atoms with Gasteiger partial charge in [-0.25, -0.2) is 4.79 Å². The van der Waals surface area contributed by atoms with E-state index >= 15 is 0 Å². The summed E-state index contributed by atoms with van der Waals surface area (Å²) in [4.78, 5) is 11.9. The van der Waals surface area contributed by atoms with Gasteiger partial charge in [0, 0.05) is 0 Å². The number of rotatable bonds is 6. The van der Waals surface area contributed by atoms with Crippen LogP contribution in [0.1, 0.15) is 67.6 Å². The molecule has 1 N–H and O–H groups in total. The lowest BCUT2D eigenvalue weighted by atomic mass is 9.98. The largest absolute Gasteiger partial charge is 0.459 e. The number of ether oxygens (including phenoxy) is 1. The molecular weight excluding hydrogens is 297 g/mol. The molecule has 1 aromatic rings. The molecule has 0 bridgehead atoms. The average Bonchev–Trinajstić information content (AvgIpc) is 2.42. The number of alkyl halides is 3. The minimum absolute atomic E-state index is 0.289. The van der Waals surface area contributed by atoms with Gasteiger partial charge in [0.15, 0.2) is 0 Å². The molecule has 0 heterocycles. The number of hydrogen-bond donors (Lipinski definition) is 1. The van der Waals surface area contributed by atoms with E-state index in [0.717, 1.165) is 25.0 Å². The Morgan fingerprint density at radius 3 is 2.45 bits per heavy atom. The van der Waals surface area contributed by atoms with Crippen LogP contribution in [0, 0.1) is 0 Å². The molecule has 3 nitrogen and oxygen atoms in total. The second kappa shape index (κ2) is 7.63. The average molecular weight is 318 g/mol. The Kier molecular flexibility index (Phi) is 6.41. The van der Waals surface area contributed by atoms with E-state index < -0.39 is 35.5 Å². The van der Waals surface area contributed by atoms with Crippen molar-refractivity contribution in [2.75, 3.05) is 0 Å². The van der Waals surface area contributed by atoms with Crippen molar-refractivity contribution >= 4 is 5.97 Å². The maximum atomic E-state index is 13.0. The highest BCUT2D eigenvalue weighted by atomic mass is 19.4. The Hall–Kier alpha value is -1.56. The second-order valence-corrected chi connectivity index (χ2v) is 5.41. The summed E-state index contributed by atoms with van der Waals surface area (Å²) >= 11 is 0. The quantitative estimate of drug-likeness (QED) is 0.786. The fourth-order valence-corrected chi connectivity index (χ4v) is 2.03. The highest BCUT2D eigenvalue weighted by molar-refractivity contribution is 5.91. The van der Waals surface area contributed by atoms with Gasteiger partial charge >= 0.3 is 12.1 Å². The topological polar surface area (TPSA) is 46.5 Å². The van der Waals surface area contributed by atoms with E-state index in [2.05, 4.69) is 0 Å². The zero-order chi connectivity index (χ0) is 16.9. The lowest BCUT2D eigenvalue weighted by Crippen LogP contribution is -2.18. The van der Waals surface area contributed by atoms with Crippen LogP contribution >= 0.6 is 0 Å². The summed E-state index contributed by atoms with van der Waals surface area (Å²) in [6.45, 7) is 5.07. The highest BCUT2D eigenvalue weighted by Gasteiger charge is 2.36. The zero-order valence-corrected chi connectivity index (χ0v) is 12.9. The van der Waals surface area contributed by atoms with Crippen LogP contribution in [-0.4, -0.2) is 17.2 Å². The lowest BCUT2D eigenvalue weighted by molar-refractivity contribution is -0.138. The van der Waals surface area contributed by atoms with E-state index in [1.54, 1.807) is 13.8 Å². The Labute approximate surface area is 128 Å². The summed E-state index contributed by atoms with van der Waals surface area (Å²) in [6.07, 6.45) is -4.04. The first-order chi connectivity index (χ1) is 10.2. The van der Waals surface area contributed by atoms with Crippen LogP contribution < -0.4 is 0 Å². The number of aliphatic hydroxyl groups is 1. The first-order valence-electron chi connectivity index (χ1n) is 7.27. The van der Waals surface area contributed by atoms with Gasteiger partial charge in [-0.3, -0.25) is 0 Å². The third-order valence-corrected chi connectivity index (χ3v) is 3.13. The van der Waals surface area contributed by atoms with Gasteiger partial charge in [-0.1, -0.05) is 25.8 Å². The van der Waals surface area contributed by atoms with Crippen LogP contribution in [0.5, 0.6) is 0 Å². The molecule has 124 valence electrons. The zero-order valence-electron chi connectivity index (χ0n) is 12.9. The van der Waals surface area contributed by atoms with Gasteiger partial charge in [0.05, 0.1) is 23.3 Å². The van der Waals surface area contributed by atoms with Crippen molar-refractivity contribution in [3.8, 4) is 0 Å². The van der Waals surface area contributed by atoms with Crippen LogP contribution in [0.4, 0.5) is 13.2 Å². The van der Waals surface area contributed by atoms with Gasteiger partial charge in [-0.2, -0.15) is 13.2 Å². The Morgan fingerprint density at radius 1 is 1.32 bits per heavy atom. The molecule has 1 unspecified atom stereocenters. The molecule has 1 rings (SSSR count). The Morgan fingerprint density at radius 2 is 1.95 bits per heavy atom. The van der Waals surface area contributed by atoms with E-state index in [9.17, 15) is 23.1 Å². The van der Waals surface area contributed by atoms with Crippen molar-refractivity contribution < 1.29 is 27.8 Å². The number of carbonyl (C=O) groups excluding carboxylic acids is 1. The van der Waals surface area contributed by atoms with Gasteiger partial charge in [-0.15, -0.1) is 0 Å². The van der Waals surface area contributed by atoms with Gasteiger partial charge in [0.25, 0.3) is 0 Å². The summed E-state index contributed by atoms with van der Waals surface area (Å²) in [5.41, 5.74) is -1.32. The maximum Gasteiger partial charge on any atom is 0.417 e. The number of hydrogen-bond acceptors (Lipinski definition) is 3. The molecule has 0 spiro atoms. The minimum Gasteiger partial charge on any atom is -0.459 e. The standard InChI is InChI=1S/C16H21F3O3/c1-4-5-6-14(20)11-7-8-13(16(17,18)19)12(9-11)15(21)22-10(2)3/h7-10,14,20H,4-6H2,1-3H3. The predicted octanol–water partition coefficient (Wildman–Crippen LogP) is 4.49. The van der Waals surface area contributed by atoms with E-state index in [0.29, 0.717) is 6.42 Å². The number of unbranched alkanes of at least 4 members (excludes halogenated alkanes) is 1. The van der Waals surface area contributed by atoms with Gasteiger partial charge in [-0.05, 0) is 38.0 Å². The van der Waals surface area contributed by atoms with Gasteiger partial charge in [0.1, 0.15) is 0 Å². The van der Waals surface area contributed by atoms with Crippen LogP contribution in [0.2, 0.25) is 0 Å². The number of benzene rings is 1. The minimum atomic E-state index is -4.65. The van der Waals surface area contributed by atoms with E-state index in [1.165, 1.54) is 6.07 Å². The molecule has 22 heavy (non-hydrogen) atoms. The van der Waals surface area contributed by atoms with E-state index in [1.807, 2.05) is 6.92 Å². The van der Waals surface area contributed by atoms with Crippen LogP contribution in [0.25, 0.3) is 0 Å². The first kappa shape index (κ1) is 18.5. The van der Waals surface area contributed by atoms with Crippen molar-refractivity contribution in [1.29, 1.82) is 0 Å². The van der Waals surface area contributed by atoms with Crippen molar-refractivity contribution in [3.05, 3.63) is 34.9 Å². The Balaban J connectivity index is 3.19. The fraction of sp³-hybridized carbons (Fsp3) is 0.562. The summed E-state index contributed by atoms with van der Waals surface area (Å²) in [7, 11) is 0. The monoisotopic (exact) mass is 318 g/mol. The third-order valence-electron chi connectivity index (χ3n) is 3.13. The molecular formula is C16H21F3O3. The molecule has 0 saturated carbocycles.